The third-order valence-electron chi connectivity index (χ3n) is 3.32. The van der Waals surface area contributed by atoms with E-state index in [-0.39, 0.29) is 22.8 Å². The smallest absolute Gasteiger partial charge is 0.408 e. The van der Waals surface area contributed by atoms with E-state index in [0.29, 0.717) is 4.68 Å². The van der Waals surface area contributed by atoms with Gasteiger partial charge in [0.15, 0.2) is 17.2 Å². The fraction of sp³-hybridized carbons (Fsp3) is 0.133. The molecule has 0 saturated heterocycles. The maximum Gasteiger partial charge on any atom is 0.408 e. The predicted molar refractivity (Wildman–Crippen MR) is 84.4 cm³/mol. The number of carbonyl (C=O) groups excluding carboxylic acids is 2. The molecule has 0 aliphatic heterocycles. The lowest BCUT2D eigenvalue weighted by atomic mass is 10.2. The first-order valence-corrected chi connectivity index (χ1v) is 7.45. The third-order valence-corrected chi connectivity index (χ3v) is 3.32. The van der Waals surface area contributed by atoms with Crippen molar-refractivity contribution in [3.8, 4) is 11.5 Å². The average molecular weight is 398 g/mol. The first-order chi connectivity index (χ1) is 13.1. The van der Waals surface area contributed by atoms with Crippen molar-refractivity contribution in [2.75, 3.05) is 5.32 Å². The molecule has 3 aromatic rings. The van der Waals surface area contributed by atoms with Crippen LogP contribution in [0.4, 0.5) is 23.2 Å². The van der Waals surface area contributed by atoms with Crippen molar-refractivity contribution in [3.05, 3.63) is 48.1 Å². The van der Waals surface area contributed by atoms with Crippen molar-refractivity contribution >= 4 is 17.5 Å². The predicted octanol–water partition coefficient (Wildman–Crippen LogP) is 1.99. The summed E-state index contributed by atoms with van der Waals surface area (Å²) in [5, 5.41) is 5.59. The van der Waals surface area contributed by atoms with Crippen LogP contribution in [0.25, 0.3) is 11.5 Å². The normalized spacial score (nSPS) is 11.4. The number of pyridine rings is 1. The lowest BCUT2D eigenvalue weighted by Crippen LogP contribution is -2.19. The molecule has 3 rings (SSSR count). The van der Waals surface area contributed by atoms with Crippen molar-refractivity contribution in [2.24, 2.45) is 5.73 Å². The fourth-order valence-corrected chi connectivity index (χ4v) is 2.20. The fourth-order valence-electron chi connectivity index (χ4n) is 2.20. The number of halogens is 4. The molecule has 3 aromatic heterocycles. The van der Waals surface area contributed by atoms with Gasteiger partial charge in [0, 0.05) is 12.4 Å². The standard InChI is InChI=1S/C15H10F4N6O3/c16-8-3-21-2-1-7(8)14-23-10(5-28-14)13(27)22-9-4-25(6-15(17,18)19)24-11(9)12(20)26/h1-5H,6H2,(H2,20,26)(H,22,27). The number of anilines is 1. The van der Waals surface area contributed by atoms with Gasteiger partial charge < -0.3 is 15.5 Å². The molecule has 28 heavy (non-hydrogen) atoms. The highest BCUT2D eigenvalue weighted by Gasteiger charge is 2.30. The van der Waals surface area contributed by atoms with Gasteiger partial charge in [-0.3, -0.25) is 19.3 Å². The number of carbonyl (C=O) groups is 2. The molecule has 0 spiro atoms. The Kier molecular flexibility index (Phi) is 4.81. The molecule has 3 N–H and O–H groups in total. The van der Waals surface area contributed by atoms with Crippen LogP contribution >= 0.6 is 0 Å². The van der Waals surface area contributed by atoms with Crippen LogP contribution in [0.3, 0.4) is 0 Å². The summed E-state index contributed by atoms with van der Waals surface area (Å²) in [5.74, 6) is -3.02. The number of hydrogen-bond donors (Lipinski definition) is 2. The number of amides is 2. The largest absolute Gasteiger partial charge is 0.444 e. The summed E-state index contributed by atoms with van der Waals surface area (Å²) in [6, 6.07) is 1.27. The summed E-state index contributed by atoms with van der Waals surface area (Å²) < 4.78 is 56.6. The first kappa shape index (κ1) is 19.0. The Labute approximate surface area is 153 Å². The highest BCUT2D eigenvalue weighted by Crippen LogP contribution is 2.23. The average Bonchev–Trinajstić information content (AvgIpc) is 3.21. The number of rotatable bonds is 5. The Balaban J connectivity index is 1.83. The van der Waals surface area contributed by atoms with Crippen LogP contribution in [-0.2, 0) is 6.54 Å². The molecule has 0 aromatic carbocycles. The molecule has 0 aliphatic rings. The Morgan fingerprint density at radius 3 is 2.71 bits per heavy atom. The maximum absolute atomic E-state index is 13.7. The van der Waals surface area contributed by atoms with E-state index in [2.05, 4.69) is 20.4 Å². The lowest BCUT2D eigenvalue weighted by Gasteiger charge is -2.04. The van der Waals surface area contributed by atoms with Gasteiger partial charge in [-0.15, -0.1) is 0 Å². The molecule has 146 valence electrons. The van der Waals surface area contributed by atoms with Crippen LogP contribution in [0.2, 0.25) is 0 Å². The molecule has 9 nitrogen and oxygen atoms in total. The van der Waals surface area contributed by atoms with Gasteiger partial charge in [-0.05, 0) is 6.07 Å². The highest BCUT2D eigenvalue weighted by atomic mass is 19.4. The minimum atomic E-state index is -4.60. The number of nitrogens with two attached hydrogens (primary N) is 1. The van der Waals surface area contributed by atoms with Gasteiger partial charge in [-0.1, -0.05) is 0 Å². The number of aromatic nitrogens is 4. The van der Waals surface area contributed by atoms with Crippen LogP contribution < -0.4 is 11.1 Å². The molecule has 0 saturated carbocycles. The summed E-state index contributed by atoms with van der Waals surface area (Å²) in [4.78, 5) is 31.0. The van der Waals surface area contributed by atoms with Crippen LogP contribution in [0.5, 0.6) is 0 Å². The SMILES string of the molecule is NC(=O)c1nn(CC(F)(F)F)cc1NC(=O)c1coc(-c2ccncc2F)n1. The summed E-state index contributed by atoms with van der Waals surface area (Å²) in [7, 11) is 0. The van der Waals surface area contributed by atoms with Gasteiger partial charge >= 0.3 is 6.18 Å². The molecule has 0 atom stereocenters. The number of alkyl halides is 3. The minimum Gasteiger partial charge on any atom is -0.444 e. The van der Waals surface area contributed by atoms with E-state index in [0.717, 1.165) is 18.7 Å². The summed E-state index contributed by atoms with van der Waals surface area (Å²) in [6.45, 7) is -1.49. The quantitative estimate of drug-likeness (QED) is 0.633. The summed E-state index contributed by atoms with van der Waals surface area (Å²) >= 11 is 0. The topological polar surface area (TPSA) is 129 Å². The number of nitrogens with one attached hydrogen (secondary N) is 1. The molecule has 0 bridgehead atoms. The van der Waals surface area contributed by atoms with E-state index >= 15 is 0 Å². The van der Waals surface area contributed by atoms with E-state index < -0.39 is 36.0 Å². The Hall–Kier alpha value is -3.77. The second kappa shape index (κ2) is 7.09. The number of nitrogens with zero attached hydrogens (tertiary/aromatic N) is 4. The number of primary amides is 1. The highest BCUT2D eigenvalue weighted by molar-refractivity contribution is 6.07. The summed E-state index contributed by atoms with van der Waals surface area (Å²) in [5.41, 5.74) is 3.79. The Bertz CT molecular complexity index is 1040. The minimum absolute atomic E-state index is 0.0510. The van der Waals surface area contributed by atoms with E-state index in [1.165, 1.54) is 12.3 Å². The number of hydrogen-bond acceptors (Lipinski definition) is 6. The van der Waals surface area contributed by atoms with E-state index in [4.69, 9.17) is 10.2 Å². The van der Waals surface area contributed by atoms with Gasteiger partial charge in [-0.25, -0.2) is 9.37 Å². The van der Waals surface area contributed by atoms with Gasteiger partial charge in [-0.2, -0.15) is 18.3 Å². The zero-order valence-corrected chi connectivity index (χ0v) is 13.7. The lowest BCUT2D eigenvalue weighted by molar-refractivity contribution is -0.142. The second-order valence-corrected chi connectivity index (χ2v) is 5.42. The molecule has 3 heterocycles. The van der Waals surface area contributed by atoms with Gasteiger partial charge in [0.1, 0.15) is 12.8 Å². The van der Waals surface area contributed by atoms with Crippen LogP contribution in [0.15, 0.2) is 35.3 Å². The molecule has 0 radical (unpaired) electrons. The van der Waals surface area contributed by atoms with Gasteiger partial charge in [0.25, 0.3) is 11.8 Å². The Morgan fingerprint density at radius 1 is 1.32 bits per heavy atom. The van der Waals surface area contributed by atoms with Crippen molar-refractivity contribution < 1.29 is 31.6 Å². The van der Waals surface area contributed by atoms with Gasteiger partial charge in [0.2, 0.25) is 5.89 Å². The van der Waals surface area contributed by atoms with E-state index in [1.807, 2.05) is 0 Å². The second-order valence-electron chi connectivity index (χ2n) is 5.42. The van der Waals surface area contributed by atoms with Crippen molar-refractivity contribution in [1.82, 2.24) is 19.7 Å². The summed E-state index contributed by atoms with van der Waals surface area (Å²) in [6.07, 6.45) is -0.675. The molecule has 13 heteroatoms. The van der Waals surface area contributed by atoms with Gasteiger partial charge in [0.05, 0.1) is 17.4 Å². The molecule has 0 aliphatic carbocycles. The molecular weight excluding hydrogens is 388 g/mol. The maximum atomic E-state index is 13.7. The van der Waals surface area contributed by atoms with Crippen molar-refractivity contribution in [2.45, 2.75) is 12.7 Å². The van der Waals surface area contributed by atoms with Crippen LogP contribution in [0, 0.1) is 5.82 Å². The Morgan fingerprint density at radius 2 is 2.07 bits per heavy atom. The molecule has 0 fully saturated rings. The third kappa shape index (κ3) is 4.13. The van der Waals surface area contributed by atoms with E-state index in [9.17, 15) is 27.2 Å². The number of oxazole rings is 1. The van der Waals surface area contributed by atoms with Crippen molar-refractivity contribution in [1.29, 1.82) is 0 Å². The monoisotopic (exact) mass is 398 g/mol. The first-order valence-electron chi connectivity index (χ1n) is 7.45. The zero-order chi connectivity index (χ0) is 20.5. The van der Waals surface area contributed by atoms with Crippen LogP contribution in [-0.4, -0.2) is 37.7 Å². The van der Waals surface area contributed by atoms with Crippen LogP contribution in [0.1, 0.15) is 21.0 Å². The van der Waals surface area contributed by atoms with Crippen molar-refractivity contribution in [3.63, 3.8) is 0 Å². The molecular formula is C15H10F4N6O3. The molecule has 2 amide bonds. The van der Waals surface area contributed by atoms with E-state index in [1.54, 1.807) is 0 Å². The zero-order valence-electron chi connectivity index (χ0n) is 13.7. The molecule has 0 unspecified atom stereocenters.